The largest absolute Gasteiger partial charge is 0.507 e. The zero-order chi connectivity index (χ0) is 19.3. The van der Waals surface area contributed by atoms with Crippen LogP contribution < -0.4 is 0 Å². The Morgan fingerprint density at radius 1 is 1.04 bits per heavy atom. The van der Waals surface area contributed by atoms with Gasteiger partial charge in [0.1, 0.15) is 17.1 Å². The molecule has 0 saturated carbocycles. The van der Waals surface area contributed by atoms with Crippen LogP contribution in [0.1, 0.15) is 24.7 Å². The maximum atomic E-state index is 10.3. The van der Waals surface area contributed by atoms with Crippen LogP contribution in [0.25, 0.3) is 33.1 Å². The topological polar surface area (TPSA) is 54.2 Å². The minimum absolute atomic E-state index is 0.294. The lowest BCUT2D eigenvalue weighted by molar-refractivity contribution is 0.222. The maximum absolute atomic E-state index is 10.3. The fourth-order valence-electron chi connectivity index (χ4n) is 4.48. The Labute approximate surface area is 164 Å². The molecule has 1 aliphatic rings. The van der Waals surface area contributed by atoms with Crippen LogP contribution >= 0.6 is 0 Å². The summed E-state index contributed by atoms with van der Waals surface area (Å²) in [6.07, 6.45) is 4.15. The van der Waals surface area contributed by atoms with Crippen molar-refractivity contribution in [3.63, 3.8) is 0 Å². The molecule has 1 aliphatic heterocycles. The summed E-state index contributed by atoms with van der Waals surface area (Å²) < 4.78 is 2.42. The third-order valence-electron chi connectivity index (χ3n) is 5.96. The second-order valence-corrected chi connectivity index (χ2v) is 7.80. The van der Waals surface area contributed by atoms with Gasteiger partial charge in [0.15, 0.2) is 0 Å². The van der Waals surface area contributed by atoms with Gasteiger partial charge in [-0.05, 0) is 63.7 Å². The Hall–Kier alpha value is -2.92. The van der Waals surface area contributed by atoms with E-state index >= 15 is 0 Å². The van der Waals surface area contributed by atoms with Crippen molar-refractivity contribution in [2.75, 3.05) is 20.1 Å². The fourth-order valence-corrected chi connectivity index (χ4v) is 4.48. The number of phenolic OH excluding ortho intramolecular Hbond substituents is 1. The van der Waals surface area contributed by atoms with E-state index in [1.165, 1.54) is 0 Å². The molecule has 1 fully saturated rings. The summed E-state index contributed by atoms with van der Waals surface area (Å²) in [6, 6.07) is 14.1. The predicted molar refractivity (Wildman–Crippen MR) is 113 cm³/mol. The highest BCUT2D eigenvalue weighted by Crippen LogP contribution is 2.35. The zero-order valence-electron chi connectivity index (χ0n) is 16.3. The number of nitrogens with zero attached hydrogens (tertiary/aromatic N) is 4. The van der Waals surface area contributed by atoms with Crippen molar-refractivity contribution >= 4 is 21.9 Å². The lowest BCUT2D eigenvalue weighted by atomic mass is 10.0. The molecule has 0 aliphatic carbocycles. The number of benzene rings is 2. The molecule has 0 spiro atoms. The van der Waals surface area contributed by atoms with E-state index in [0.29, 0.717) is 11.8 Å². The first-order valence-corrected chi connectivity index (χ1v) is 9.86. The molecule has 1 N–H and O–H groups in total. The van der Waals surface area contributed by atoms with Gasteiger partial charge in [0.25, 0.3) is 0 Å². The molecule has 0 radical (unpaired) electrons. The first-order valence-electron chi connectivity index (χ1n) is 9.86. The Bertz CT molecular complexity index is 1170. The highest BCUT2D eigenvalue weighted by Gasteiger charge is 2.23. The van der Waals surface area contributed by atoms with Crippen molar-refractivity contribution in [3.05, 3.63) is 54.5 Å². The smallest absolute Gasteiger partial charge is 0.123 e. The van der Waals surface area contributed by atoms with Crippen LogP contribution in [0.3, 0.4) is 0 Å². The Morgan fingerprint density at radius 2 is 1.82 bits per heavy atom. The molecule has 5 nitrogen and oxygen atoms in total. The van der Waals surface area contributed by atoms with Gasteiger partial charge in [0.2, 0.25) is 0 Å². The van der Waals surface area contributed by atoms with Crippen molar-refractivity contribution < 1.29 is 5.11 Å². The van der Waals surface area contributed by atoms with Gasteiger partial charge in [-0.25, -0.2) is 4.98 Å². The van der Waals surface area contributed by atoms with E-state index in [9.17, 15) is 5.11 Å². The van der Waals surface area contributed by atoms with Gasteiger partial charge in [0.05, 0.1) is 17.2 Å². The van der Waals surface area contributed by atoms with Gasteiger partial charge in [-0.1, -0.05) is 24.3 Å². The summed E-state index contributed by atoms with van der Waals surface area (Å²) in [7, 11) is 2.19. The molecule has 142 valence electrons. The van der Waals surface area contributed by atoms with E-state index in [-0.39, 0.29) is 0 Å². The van der Waals surface area contributed by atoms with Gasteiger partial charge in [-0.3, -0.25) is 4.98 Å². The van der Waals surface area contributed by atoms with E-state index in [2.05, 4.69) is 34.5 Å². The quantitative estimate of drug-likeness (QED) is 0.562. The van der Waals surface area contributed by atoms with Crippen molar-refractivity contribution in [3.8, 4) is 16.9 Å². The van der Waals surface area contributed by atoms with E-state index in [0.717, 1.165) is 64.8 Å². The predicted octanol–water partition coefficient (Wildman–Crippen LogP) is 4.53. The molecule has 5 rings (SSSR count). The number of hydrogen-bond donors (Lipinski definition) is 1. The van der Waals surface area contributed by atoms with Crippen LogP contribution in [0.15, 0.2) is 48.7 Å². The van der Waals surface area contributed by atoms with Crippen LogP contribution in [-0.4, -0.2) is 44.7 Å². The molecule has 28 heavy (non-hydrogen) atoms. The summed E-state index contributed by atoms with van der Waals surface area (Å²) in [5, 5.41) is 11.4. The second kappa shape index (κ2) is 6.60. The molecule has 0 unspecified atom stereocenters. The number of likely N-dealkylation sites (tertiary alicyclic amines) is 1. The number of rotatable bonds is 2. The zero-order valence-corrected chi connectivity index (χ0v) is 16.3. The number of pyridine rings is 1. The van der Waals surface area contributed by atoms with Crippen LogP contribution in [0.2, 0.25) is 0 Å². The van der Waals surface area contributed by atoms with E-state index < -0.39 is 0 Å². The highest BCUT2D eigenvalue weighted by atomic mass is 16.3. The number of aromatic nitrogens is 3. The summed E-state index contributed by atoms with van der Waals surface area (Å²) in [4.78, 5) is 11.8. The number of para-hydroxylation sites is 1. The second-order valence-electron chi connectivity index (χ2n) is 7.80. The van der Waals surface area contributed by atoms with Gasteiger partial charge in [-0.15, -0.1) is 0 Å². The normalized spacial score (nSPS) is 16.2. The average molecular weight is 372 g/mol. The number of imidazole rings is 1. The number of fused-ring (bicyclic) bond motifs is 3. The summed E-state index contributed by atoms with van der Waals surface area (Å²) in [5.74, 6) is 1.34. The number of aromatic hydroxyl groups is 1. The third-order valence-corrected chi connectivity index (χ3v) is 5.96. The molecule has 0 bridgehead atoms. The van der Waals surface area contributed by atoms with E-state index in [1.54, 1.807) is 6.07 Å². The lowest BCUT2D eigenvalue weighted by Crippen LogP contribution is -2.31. The molecule has 5 heteroatoms. The van der Waals surface area contributed by atoms with Crippen molar-refractivity contribution in [1.82, 2.24) is 19.4 Å². The van der Waals surface area contributed by atoms with Gasteiger partial charge < -0.3 is 14.6 Å². The fraction of sp³-hybridized carbons (Fsp3) is 0.304. The molecule has 3 heterocycles. The molecular weight excluding hydrogens is 348 g/mol. The van der Waals surface area contributed by atoms with E-state index in [1.807, 2.05) is 36.5 Å². The molecule has 4 aromatic rings. The van der Waals surface area contributed by atoms with Gasteiger partial charge in [-0.2, -0.15) is 0 Å². The first-order chi connectivity index (χ1) is 13.6. The van der Waals surface area contributed by atoms with Crippen LogP contribution in [-0.2, 0) is 0 Å². The first kappa shape index (κ1) is 17.2. The molecule has 1 saturated heterocycles. The molecule has 2 aromatic heterocycles. The number of hydrogen-bond acceptors (Lipinski definition) is 4. The Kier molecular flexibility index (Phi) is 4.05. The Balaban J connectivity index is 1.74. The Morgan fingerprint density at radius 3 is 2.61 bits per heavy atom. The van der Waals surface area contributed by atoms with Gasteiger partial charge in [0, 0.05) is 17.0 Å². The maximum Gasteiger partial charge on any atom is 0.123 e. The highest BCUT2D eigenvalue weighted by molar-refractivity contribution is 6.04. The monoisotopic (exact) mass is 372 g/mol. The lowest BCUT2D eigenvalue weighted by Gasteiger charge is -2.31. The molecular formula is C23H24N4O. The SMILES string of the molecule is Cc1nc2cnc3ccc(-c4ccccc4O)cc3c2n1C1CCN(C)CC1. The van der Waals surface area contributed by atoms with Crippen molar-refractivity contribution in [2.45, 2.75) is 25.8 Å². The summed E-state index contributed by atoms with van der Waals surface area (Å²) in [6.45, 7) is 4.31. The van der Waals surface area contributed by atoms with Crippen molar-refractivity contribution in [1.29, 1.82) is 0 Å². The molecule has 0 amide bonds. The molecule has 2 aromatic carbocycles. The standard InChI is InChI=1S/C23H24N4O/c1-15-25-21-14-24-20-8-7-16(18-5-3-4-6-22(18)28)13-19(20)23(21)27(15)17-9-11-26(2)12-10-17/h3-8,13-14,17,28H,9-12H2,1-2H3. The molecule has 0 atom stereocenters. The summed E-state index contributed by atoms with van der Waals surface area (Å²) >= 11 is 0. The number of piperidine rings is 1. The number of phenols is 1. The average Bonchev–Trinajstić information content (AvgIpc) is 3.05. The summed E-state index contributed by atoms with van der Waals surface area (Å²) in [5.41, 5.74) is 4.89. The van der Waals surface area contributed by atoms with Crippen LogP contribution in [0, 0.1) is 6.92 Å². The minimum atomic E-state index is 0.294. The minimum Gasteiger partial charge on any atom is -0.507 e. The van der Waals surface area contributed by atoms with Crippen LogP contribution in [0.5, 0.6) is 5.75 Å². The number of aryl methyl sites for hydroxylation is 1. The van der Waals surface area contributed by atoms with Gasteiger partial charge >= 0.3 is 0 Å². The van der Waals surface area contributed by atoms with E-state index in [4.69, 9.17) is 4.98 Å². The van der Waals surface area contributed by atoms with Crippen LogP contribution in [0.4, 0.5) is 0 Å². The van der Waals surface area contributed by atoms with Crippen molar-refractivity contribution in [2.24, 2.45) is 0 Å². The third kappa shape index (κ3) is 2.74.